The lowest BCUT2D eigenvalue weighted by molar-refractivity contribution is -0.153. The van der Waals surface area contributed by atoms with Gasteiger partial charge in [0.1, 0.15) is 5.41 Å². The van der Waals surface area contributed by atoms with Gasteiger partial charge in [0.25, 0.3) is 0 Å². The molecule has 14 heavy (non-hydrogen) atoms. The molecule has 1 aliphatic rings. The number of hydrogen-bond donors (Lipinski definition) is 0. The Kier molecular flexibility index (Phi) is 2.15. The average Bonchev–Trinajstić information content (AvgIpc) is 2.73. The van der Waals surface area contributed by atoms with E-state index in [4.69, 9.17) is 0 Å². The number of ether oxygens (including phenoxy) is 1. The van der Waals surface area contributed by atoms with Crippen LogP contribution in [0, 0.1) is 0 Å². The van der Waals surface area contributed by atoms with E-state index in [0.29, 0.717) is 6.42 Å². The highest BCUT2D eigenvalue weighted by Gasteiger charge is 2.49. The standard InChI is InChI=1S/C10H10O3S/c1-2-10(7-4-3-5-14-7)6-8(11)13-9(10)12/h3-5H,2,6H2,1H3. The first-order valence-corrected chi connectivity index (χ1v) is 5.36. The summed E-state index contributed by atoms with van der Waals surface area (Å²) in [4.78, 5) is 23.6. The van der Waals surface area contributed by atoms with Crippen LogP contribution in [-0.4, -0.2) is 11.9 Å². The highest BCUT2D eigenvalue weighted by Crippen LogP contribution is 2.40. The van der Waals surface area contributed by atoms with Gasteiger partial charge in [-0.25, -0.2) is 0 Å². The van der Waals surface area contributed by atoms with Gasteiger partial charge < -0.3 is 4.74 Å². The molecule has 3 nitrogen and oxygen atoms in total. The zero-order valence-electron chi connectivity index (χ0n) is 7.78. The van der Waals surface area contributed by atoms with Gasteiger partial charge in [-0.3, -0.25) is 9.59 Å². The minimum absolute atomic E-state index is 0.183. The molecular weight excluding hydrogens is 200 g/mol. The summed E-state index contributed by atoms with van der Waals surface area (Å²) in [6.07, 6.45) is 0.793. The molecule has 2 rings (SSSR count). The lowest BCUT2D eigenvalue weighted by atomic mass is 9.82. The molecule has 0 aromatic carbocycles. The Labute approximate surface area is 85.7 Å². The topological polar surface area (TPSA) is 43.4 Å². The highest BCUT2D eigenvalue weighted by atomic mass is 32.1. The minimum Gasteiger partial charge on any atom is -0.392 e. The lowest BCUT2D eigenvalue weighted by Gasteiger charge is -2.19. The molecule has 4 heteroatoms. The molecule has 1 unspecified atom stereocenters. The number of hydrogen-bond acceptors (Lipinski definition) is 4. The van der Waals surface area contributed by atoms with Crippen molar-refractivity contribution in [2.24, 2.45) is 0 Å². The molecule has 0 aliphatic carbocycles. The Morgan fingerprint density at radius 1 is 1.57 bits per heavy atom. The monoisotopic (exact) mass is 210 g/mol. The summed E-state index contributed by atoms with van der Waals surface area (Å²) in [5.41, 5.74) is -0.703. The van der Waals surface area contributed by atoms with Gasteiger partial charge in [-0.15, -0.1) is 11.3 Å². The van der Waals surface area contributed by atoms with E-state index in [1.807, 2.05) is 24.4 Å². The fraction of sp³-hybridized carbons (Fsp3) is 0.400. The van der Waals surface area contributed by atoms with E-state index in [1.165, 1.54) is 11.3 Å². The van der Waals surface area contributed by atoms with Crippen LogP contribution < -0.4 is 0 Å². The summed E-state index contributed by atoms with van der Waals surface area (Å²) >= 11 is 1.50. The van der Waals surface area contributed by atoms with Gasteiger partial charge in [-0.2, -0.15) is 0 Å². The summed E-state index contributed by atoms with van der Waals surface area (Å²) < 4.78 is 4.62. The molecule has 0 radical (unpaired) electrons. The van der Waals surface area contributed by atoms with Crippen LogP contribution in [0.5, 0.6) is 0 Å². The van der Waals surface area contributed by atoms with Crippen LogP contribution in [0.4, 0.5) is 0 Å². The summed E-state index contributed by atoms with van der Waals surface area (Å²) in [6.45, 7) is 1.90. The predicted molar refractivity (Wildman–Crippen MR) is 52.0 cm³/mol. The normalized spacial score (nSPS) is 26.6. The Balaban J connectivity index is 2.45. The van der Waals surface area contributed by atoms with E-state index < -0.39 is 17.4 Å². The molecule has 1 aliphatic heterocycles. The fourth-order valence-electron chi connectivity index (χ4n) is 1.74. The van der Waals surface area contributed by atoms with Crippen LogP contribution in [0.25, 0.3) is 0 Å². The zero-order valence-corrected chi connectivity index (χ0v) is 8.60. The van der Waals surface area contributed by atoms with E-state index in [-0.39, 0.29) is 6.42 Å². The smallest absolute Gasteiger partial charge is 0.325 e. The van der Waals surface area contributed by atoms with Crippen molar-refractivity contribution in [1.29, 1.82) is 0 Å². The summed E-state index contributed by atoms with van der Waals surface area (Å²) in [5.74, 6) is -0.808. The number of esters is 2. The molecule has 1 atom stereocenters. The first-order valence-electron chi connectivity index (χ1n) is 4.48. The van der Waals surface area contributed by atoms with Crippen molar-refractivity contribution in [3.05, 3.63) is 22.4 Å². The minimum atomic E-state index is -0.703. The van der Waals surface area contributed by atoms with Crippen LogP contribution in [0.3, 0.4) is 0 Å². The Hall–Kier alpha value is -1.16. The van der Waals surface area contributed by atoms with E-state index >= 15 is 0 Å². The van der Waals surface area contributed by atoms with E-state index in [2.05, 4.69) is 4.74 Å². The van der Waals surface area contributed by atoms with Crippen LogP contribution >= 0.6 is 11.3 Å². The number of carbonyl (C=O) groups excluding carboxylic acids is 2. The molecule has 1 aromatic rings. The maximum Gasteiger partial charge on any atom is 0.325 e. The summed E-state index contributed by atoms with van der Waals surface area (Å²) in [5, 5.41) is 1.91. The van der Waals surface area contributed by atoms with Gasteiger partial charge in [-0.05, 0) is 17.9 Å². The molecular formula is C10H10O3S. The van der Waals surface area contributed by atoms with Crippen molar-refractivity contribution in [3.63, 3.8) is 0 Å². The first kappa shape index (κ1) is 9.40. The van der Waals surface area contributed by atoms with Gasteiger partial charge in [0.15, 0.2) is 0 Å². The van der Waals surface area contributed by atoms with E-state index in [0.717, 1.165) is 4.88 Å². The quantitative estimate of drug-likeness (QED) is 0.553. The lowest BCUT2D eigenvalue weighted by Crippen LogP contribution is -2.29. The molecule has 2 heterocycles. The highest BCUT2D eigenvalue weighted by molar-refractivity contribution is 7.10. The molecule has 0 bridgehead atoms. The Bertz CT molecular complexity index is 369. The average molecular weight is 210 g/mol. The second kappa shape index (κ2) is 3.20. The second-order valence-corrected chi connectivity index (χ2v) is 4.30. The van der Waals surface area contributed by atoms with Gasteiger partial charge >= 0.3 is 11.9 Å². The van der Waals surface area contributed by atoms with Crippen molar-refractivity contribution < 1.29 is 14.3 Å². The Morgan fingerprint density at radius 3 is 2.79 bits per heavy atom. The largest absolute Gasteiger partial charge is 0.392 e. The third-order valence-electron chi connectivity index (χ3n) is 2.64. The first-order chi connectivity index (χ1) is 6.69. The molecule has 74 valence electrons. The summed E-state index contributed by atoms with van der Waals surface area (Å²) in [7, 11) is 0. The third-order valence-corrected chi connectivity index (χ3v) is 3.71. The van der Waals surface area contributed by atoms with Crippen molar-refractivity contribution >= 4 is 23.3 Å². The SMILES string of the molecule is CCC1(c2cccs2)CC(=O)OC1=O. The van der Waals surface area contributed by atoms with Crippen LogP contribution in [0.2, 0.25) is 0 Å². The van der Waals surface area contributed by atoms with Gasteiger partial charge in [0.05, 0.1) is 6.42 Å². The van der Waals surface area contributed by atoms with Crippen LogP contribution in [-0.2, 0) is 19.7 Å². The number of thiophene rings is 1. The molecule has 1 aromatic heterocycles. The van der Waals surface area contributed by atoms with Crippen molar-refractivity contribution in [3.8, 4) is 0 Å². The van der Waals surface area contributed by atoms with Gasteiger partial charge in [0, 0.05) is 4.88 Å². The second-order valence-electron chi connectivity index (χ2n) is 3.35. The third kappa shape index (κ3) is 1.18. The molecule has 0 N–H and O–H groups in total. The maximum atomic E-state index is 11.6. The van der Waals surface area contributed by atoms with Crippen molar-refractivity contribution in [2.75, 3.05) is 0 Å². The van der Waals surface area contributed by atoms with Crippen molar-refractivity contribution in [1.82, 2.24) is 0 Å². The summed E-state index contributed by atoms with van der Waals surface area (Å²) in [6, 6.07) is 3.77. The maximum absolute atomic E-state index is 11.6. The van der Waals surface area contributed by atoms with Crippen LogP contribution in [0.1, 0.15) is 24.6 Å². The molecule has 1 saturated heterocycles. The molecule has 1 fully saturated rings. The number of carbonyl (C=O) groups is 2. The van der Waals surface area contributed by atoms with Gasteiger partial charge in [-0.1, -0.05) is 13.0 Å². The zero-order chi connectivity index (χ0) is 10.2. The molecule has 0 spiro atoms. The Morgan fingerprint density at radius 2 is 2.36 bits per heavy atom. The van der Waals surface area contributed by atoms with Gasteiger partial charge in [0.2, 0.25) is 0 Å². The number of rotatable bonds is 2. The fourth-order valence-corrected chi connectivity index (χ4v) is 2.72. The van der Waals surface area contributed by atoms with E-state index in [9.17, 15) is 9.59 Å². The number of cyclic esters (lactones) is 2. The molecule has 0 saturated carbocycles. The molecule has 0 amide bonds. The predicted octanol–water partition coefficient (Wildman–Crippen LogP) is 1.87. The van der Waals surface area contributed by atoms with E-state index in [1.54, 1.807) is 0 Å². The van der Waals surface area contributed by atoms with Crippen LogP contribution in [0.15, 0.2) is 17.5 Å². The van der Waals surface area contributed by atoms with Crippen molar-refractivity contribution in [2.45, 2.75) is 25.2 Å².